The molecule has 37 heavy (non-hydrogen) atoms. The third-order valence-electron chi connectivity index (χ3n) is 5.05. The first kappa shape index (κ1) is 31.0. The largest absolute Gasteiger partial charge is 0.454 e. The van der Waals surface area contributed by atoms with Crippen LogP contribution in [0.25, 0.3) is 0 Å². The van der Waals surface area contributed by atoms with Crippen LogP contribution in [0.3, 0.4) is 0 Å². The van der Waals surface area contributed by atoms with Gasteiger partial charge in [-0.3, -0.25) is 0 Å². The first-order valence-electron chi connectivity index (χ1n) is 12.4. The molecule has 0 saturated heterocycles. The molecule has 0 aliphatic heterocycles. The van der Waals surface area contributed by atoms with E-state index in [1.165, 1.54) is 6.07 Å². The monoisotopic (exact) mass is 540 g/mol. The Bertz CT molecular complexity index is 990. The lowest BCUT2D eigenvalue weighted by molar-refractivity contribution is -0.00949. The summed E-state index contributed by atoms with van der Waals surface area (Å²) >= 11 is 0. The number of ether oxygens (including phenoxy) is 6. The number of sulfonamides is 1. The van der Waals surface area contributed by atoms with Crippen molar-refractivity contribution < 1.29 is 36.8 Å². The van der Waals surface area contributed by atoms with Crippen molar-refractivity contribution in [2.45, 2.75) is 31.3 Å². The summed E-state index contributed by atoms with van der Waals surface area (Å²) in [4.78, 5) is -0.101. The van der Waals surface area contributed by atoms with E-state index in [4.69, 9.17) is 33.6 Å². The number of nitrogens with two attached hydrogens (primary N) is 1. The molecule has 0 amide bonds. The number of hydrogen-bond donors (Lipinski definition) is 2. The molecule has 0 radical (unpaired) electrons. The second-order valence-electron chi connectivity index (χ2n) is 8.09. The van der Waals surface area contributed by atoms with Crippen LogP contribution in [0.2, 0.25) is 0 Å². The lowest BCUT2D eigenvalue weighted by atomic mass is 10.2. The Morgan fingerprint density at radius 3 is 2.00 bits per heavy atom. The summed E-state index contributed by atoms with van der Waals surface area (Å²) in [5.74, 6) is 0.677. The normalized spacial score (nSPS) is 11.5. The minimum absolute atomic E-state index is 0.101. The molecule has 0 aliphatic carbocycles. The molecule has 0 unspecified atom stereocenters. The molecular weight excluding hydrogens is 500 g/mol. The fourth-order valence-corrected chi connectivity index (χ4v) is 3.91. The van der Waals surface area contributed by atoms with E-state index < -0.39 is 10.0 Å². The van der Waals surface area contributed by atoms with Crippen LogP contribution < -0.4 is 15.2 Å². The van der Waals surface area contributed by atoms with Crippen molar-refractivity contribution in [1.82, 2.24) is 0 Å². The SMILES string of the molecule is CCCCNc1cc(COCCOCCOCCOCCOC)cc(S(N)(=O)=O)c1Oc1ccccc1. The van der Waals surface area contributed by atoms with Crippen LogP contribution in [-0.2, 0) is 40.3 Å². The van der Waals surface area contributed by atoms with Crippen LogP contribution in [0.5, 0.6) is 11.5 Å². The van der Waals surface area contributed by atoms with Crippen molar-refractivity contribution in [3.8, 4) is 11.5 Å². The highest BCUT2D eigenvalue weighted by atomic mass is 32.2. The molecule has 0 saturated carbocycles. The number of hydrogen-bond acceptors (Lipinski definition) is 9. The number of unbranched alkanes of at least 4 members (excludes halogenated alkanes) is 1. The van der Waals surface area contributed by atoms with E-state index in [1.54, 1.807) is 19.2 Å². The van der Waals surface area contributed by atoms with Gasteiger partial charge in [0.1, 0.15) is 10.6 Å². The second kappa shape index (κ2) is 18.1. The maximum absolute atomic E-state index is 12.5. The number of benzene rings is 2. The third-order valence-corrected chi connectivity index (χ3v) is 5.96. The molecule has 0 fully saturated rings. The van der Waals surface area contributed by atoms with Crippen LogP contribution in [0.15, 0.2) is 47.4 Å². The molecule has 0 heterocycles. The Kier molecular flexibility index (Phi) is 15.1. The molecule has 0 bridgehead atoms. The predicted octanol–water partition coefficient (Wildman–Crippen LogP) is 3.55. The molecule has 2 rings (SSSR count). The van der Waals surface area contributed by atoms with E-state index in [0.717, 1.165) is 12.8 Å². The quantitative estimate of drug-likeness (QED) is 0.229. The Labute approximate surface area is 220 Å². The van der Waals surface area contributed by atoms with E-state index in [-0.39, 0.29) is 17.3 Å². The van der Waals surface area contributed by atoms with Gasteiger partial charge in [-0.15, -0.1) is 0 Å². The molecule has 2 aromatic rings. The van der Waals surface area contributed by atoms with Gasteiger partial charge in [0.25, 0.3) is 0 Å². The molecule has 0 atom stereocenters. The predicted molar refractivity (Wildman–Crippen MR) is 142 cm³/mol. The number of rotatable bonds is 21. The molecule has 208 valence electrons. The summed E-state index contributed by atoms with van der Waals surface area (Å²) in [5.41, 5.74) is 1.20. The number of para-hydroxylation sites is 1. The number of anilines is 1. The summed E-state index contributed by atoms with van der Waals surface area (Å²) < 4.78 is 57.7. The number of methoxy groups -OCH3 is 1. The van der Waals surface area contributed by atoms with Crippen molar-refractivity contribution in [3.63, 3.8) is 0 Å². The molecule has 0 aliphatic rings. The van der Waals surface area contributed by atoms with E-state index in [0.29, 0.717) is 76.4 Å². The van der Waals surface area contributed by atoms with E-state index >= 15 is 0 Å². The fraction of sp³-hybridized carbons (Fsp3) is 0.538. The maximum Gasteiger partial charge on any atom is 0.241 e. The zero-order valence-electron chi connectivity index (χ0n) is 21.8. The van der Waals surface area contributed by atoms with Gasteiger partial charge in [-0.2, -0.15) is 0 Å². The number of nitrogens with one attached hydrogen (secondary N) is 1. The van der Waals surface area contributed by atoms with Crippen LogP contribution >= 0.6 is 0 Å². The summed E-state index contributed by atoms with van der Waals surface area (Å²) in [6.07, 6.45) is 1.90. The van der Waals surface area contributed by atoms with Crippen LogP contribution in [0, 0.1) is 0 Å². The molecule has 3 N–H and O–H groups in total. The van der Waals surface area contributed by atoms with Gasteiger partial charge in [-0.25, -0.2) is 13.6 Å². The maximum atomic E-state index is 12.5. The first-order chi connectivity index (χ1) is 18.0. The highest BCUT2D eigenvalue weighted by Gasteiger charge is 2.21. The lowest BCUT2D eigenvalue weighted by Crippen LogP contribution is -2.16. The van der Waals surface area contributed by atoms with Gasteiger partial charge in [0, 0.05) is 13.7 Å². The summed E-state index contributed by atoms with van der Waals surface area (Å²) in [5, 5.41) is 8.84. The Hall–Kier alpha value is -2.25. The smallest absolute Gasteiger partial charge is 0.241 e. The average molecular weight is 541 g/mol. The molecule has 11 heteroatoms. The van der Waals surface area contributed by atoms with E-state index in [1.807, 2.05) is 24.3 Å². The van der Waals surface area contributed by atoms with Gasteiger partial charge in [-0.05, 0) is 36.2 Å². The van der Waals surface area contributed by atoms with Crippen LogP contribution in [-0.4, -0.2) is 74.9 Å². The van der Waals surface area contributed by atoms with Crippen molar-refractivity contribution in [2.75, 3.05) is 71.8 Å². The van der Waals surface area contributed by atoms with Gasteiger partial charge < -0.3 is 33.7 Å². The topological polar surface area (TPSA) is 128 Å². The first-order valence-corrected chi connectivity index (χ1v) is 14.0. The van der Waals surface area contributed by atoms with Crippen molar-refractivity contribution in [2.24, 2.45) is 5.14 Å². The van der Waals surface area contributed by atoms with Crippen LogP contribution in [0.4, 0.5) is 5.69 Å². The lowest BCUT2D eigenvalue weighted by Gasteiger charge is -2.18. The van der Waals surface area contributed by atoms with Gasteiger partial charge in [0.05, 0.1) is 65.1 Å². The zero-order valence-corrected chi connectivity index (χ0v) is 22.6. The van der Waals surface area contributed by atoms with Gasteiger partial charge in [0.2, 0.25) is 10.0 Å². The molecule has 10 nitrogen and oxygen atoms in total. The Morgan fingerprint density at radius 1 is 0.838 bits per heavy atom. The minimum atomic E-state index is -4.06. The van der Waals surface area contributed by atoms with E-state index in [9.17, 15) is 8.42 Å². The average Bonchev–Trinajstić information content (AvgIpc) is 2.88. The molecule has 0 spiro atoms. The van der Waals surface area contributed by atoms with Crippen LogP contribution in [0.1, 0.15) is 25.3 Å². The second-order valence-corrected chi connectivity index (χ2v) is 9.62. The summed E-state index contributed by atoms with van der Waals surface area (Å²) in [6, 6.07) is 12.3. The summed E-state index contributed by atoms with van der Waals surface area (Å²) in [6.45, 7) is 6.66. The van der Waals surface area contributed by atoms with Gasteiger partial charge in [0.15, 0.2) is 5.75 Å². The standard InChI is InChI=1S/C26H40N2O8S/c1-3-4-10-28-24-19-22(21-35-18-17-34-16-15-33-14-13-32-12-11-31-2)20-25(37(27,29)30)26(24)36-23-8-6-5-7-9-23/h5-9,19-20,28H,3-4,10-18,21H2,1-2H3,(H2,27,29,30). The zero-order chi connectivity index (χ0) is 26.8. The van der Waals surface area contributed by atoms with Crippen molar-refractivity contribution in [3.05, 3.63) is 48.0 Å². The summed E-state index contributed by atoms with van der Waals surface area (Å²) in [7, 11) is -2.43. The fourth-order valence-electron chi connectivity index (χ4n) is 3.19. The van der Waals surface area contributed by atoms with Crippen molar-refractivity contribution >= 4 is 15.7 Å². The van der Waals surface area contributed by atoms with E-state index in [2.05, 4.69) is 12.2 Å². The van der Waals surface area contributed by atoms with Gasteiger partial charge in [-0.1, -0.05) is 31.5 Å². The minimum Gasteiger partial charge on any atom is -0.454 e. The highest BCUT2D eigenvalue weighted by Crippen LogP contribution is 2.37. The van der Waals surface area contributed by atoms with Gasteiger partial charge >= 0.3 is 0 Å². The molecule has 2 aromatic carbocycles. The highest BCUT2D eigenvalue weighted by molar-refractivity contribution is 7.89. The molecular formula is C26H40N2O8S. The van der Waals surface area contributed by atoms with Crippen molar-refractivity contribution in [1.29, 1.82) is 0 Å². The number of primary sulfonamides is 1. The third kappa shape index (κ3) is 12.7. The Morgan fingerprint density at radius 2 is 1.43 bits per heavy atom. The Balaban J connectivity index is 1.89. The molecule has 0 aromatic heterocycles.